The third kappa shape index (κ3) is 4.28. The van der Waals surface area contributed by atoms with Crippen LogP contribution in [0, 0.1) is 0 Å². The van der Waals surface area contributed by atoms with Gasteiger partial charge in [0.15, 0.2) is 5.82 Å². The summed E-state index contributed by atoms with van der Waals surface area (Å²) in [6, 6.07) is -0.217. The molecule has 3 rings (SSSR count). The summed E-state index contributed by atoms with van der Waals surface area (Å²) in [4.78, 5) is 29.6. The standard InChI is InChI=1S/C16H23N3O4S/c20-14(19-7-8-24-10-12(19)9-15(21)22)6-5-13-17-16(18-23-13)11-3-1-2-4-11/h11-12H,1-10H2,(H,21,22). The van der Waals surface area contributed by atoms with Crippen molar-refractivity contribution in [2.24, 2.45) is 0 Å². The summed E-state index contributed by atoms with van der Waals surface area (Å²) in [5.74, 6) is 2.33. The van der Waals surface area contributed by atoms with E-state index in [1.54, 1.807) is 16.7 Å². The smallest absolute Gasteiger partial charge is 0.305 e. The van der Waals surface area contributed by atoms with Gasteiger partial charge in [-0.1, -0.05) is 18.0 Å². The van der Waals surface area contributed by atoms with Crippen LogP contribution >= 0.6 is 11.8 Å². The lowest BCUT2D eigenvalue weighted by Crippen LogP contribution is -2.47. The van der Waals surface area contributed by atoms with E-state index in [1.807, 2.05) is 0 Å². The highest BCUT2D eigenvalue weighted by Gasteiger charge is 2.29. The Morgan fingerprint density at radius 1 is 1.33 bits per heavy atom. The van der Waals surface area contributed by atoms with Crippen LogP contribution in [0.5, 0.6) is 0 Å². The number of thioether (sulfide) groups is 1. The molecule has 0 aromatic carbocycles. The zero-order valence-corrected chi connectivity index (χ0v) is 14.5. The van der Waals surface area contributed by atoms with E-state index in [-0.39, 0.29) is 24.8 Å². The van der Waals surface area contributed by atoms with Gasteiger partial charge < -0.3 is 14.5 Å². The fourth-order valence-electron chi connectivity index (χ4n) is 3.43. The predicted molar refractivity (Wildman–Crippen MR) is 88.9 cm³/mol. The summed E-state index contributed by atoms with van der Waals surface area (Å²) < 4.78 is 5.28. The SMILES string of the molecule is O=C(O)CC1CSCCN1C(=O)CCc1nc(C2CCCC2)no1. The van der Waals surface area contributed by atoms with Crippen LogP contribution in [-0.4, -0.2) is 56.1 Å². The number of carbonyl (C=O) groups is 2. The Hall–Kier alpha value is -1.57. The van der Waals surface area contributed by atoms with Crippen LogP contribution in [-0.2, 0) is 16.0 Å². The number of hydrogen-bond acceptors (Lipinski definition) is 6. The Balaban J connectivity index is 1.53. The van der Waals surface area contributed by atoms with E-state index in [2.05, 4.69) is 10.1 Å². The third-order valence-electron chi connectivity index (χ3n) is 4.71. The molecule has 7 nitrogen and oxygen atoms in total. The van der Waals surface area contributed by atoms with Gasteiger partial charge in [-0.3, -0.25) is 9.59 Å². The molecule has 2 aliphatic rings. The minimum atomic E-state index is -0.863. The molecule has 2 fully saturated rings. The van der Waals surface area contributed by atoms with Crippen LogP contribution in [0.2, 0.25) is 0 Å². The van der Waals surface area contributed by atoms with Crippen molar-refractivity contribution in [3.63, 3.8) is 0 Å². The van der Waals surface area contributed by atoms with Gasteiger partial charge in [0.1, 0.15) is 0 Å². The molecule has 24 heavy (non-hydrogen) atoms. The first-order valence-corrected chi connectivity index (χ1v) is 9.70. The molecule has 8 heteroatoms. The summed E-state index contributed by atoms with van der Waals surface area (Å²) >= 11 is 1.70. The molecule has 2 heterocycles. The number of carboxylic acid groups (broad SMARTS) is 1. The molecule has 0 bridgehead atoms. The first-order chi connectivity index (χ1) is 11.6. The molecule has 1 saturated heterocycles. The highest BCUT2D eigenvalue weighted by Crippen LogP contribution is 2.32. The van der Waals surface area contributed by atoms with E-state index >= 15 is 0 Å². The Morgan fingerprint density at radius 3 is 2.88 bits per heavy atom. The van der Waals surface area contributed by atoms with E-state index in [4.69, 9.17) is 9.63 Å². The molecule has 1 amide bonds. The molecule has 1 aliphatic carbocycles. The number of carbonyl (C=O) groups excluding carboxylic acids is 1. The number of hydrogen-bond donors (Lipinski definition) is 1. The van der Waals surface area contributed by atoms with Gasteiger partial charge in [0, 0.05) is 36.8 Å². The Kier molecular flexibility index (Phi) is 5.76. The van der Waals surface area contributed by atoms with Gasteiger partial charge in [-0.25, -0.2) is 0 Å². The number of aryl methyl sites for hydroxylation is 1. The molecule has 1 aromatic heterocycles. The van der Waals surface area contributed by atoms with Crippen LogP contribution in [0.1, 0.15) is 56.2 Å². The molecule has 1 atom stereocenters. The lowest BCUT2D eigenvalue weighted by atomic mass is 10.1. The molecule has 0 radical (unpaired) electrons. The normalized spacial score (nSPS) is 22.0. The maximum atomic E-state index is 12.5. The Bertz CT molecular complexity index is 586. The van der Waals surface area contributed by atoms with Crippen molar-refractivity contribution in [2.45, 2.75) is 56.9 Å². The molecule has 1 aliphatic heterocycles. The second-order valence-electron chi connectivity index (χ2n) is 6.44. The van der Waals surface area contributed by atoms with E-state index in [0.717, 1.165) is 24.4 Å². The van der Waals surface area contributed by atoms with Crippen LogP contribution in [0.15, 0.2) is 4.52 Å². The first kappa shape index (κ1) is 17.3. The number of amides is 1. The molecule has 1 N–H and O–H groups in total. The van der Waals surface area contributed by atoms with Gasteiger partial charge in [0.25, 0.3) is 0 Å². The van der Waals surface area contributed by atoms with Gasteiger partial charge >= 0.3 is 5.97 Å². The molecule has 1 unspecified atom stereocenters. The minimum absolute atomic E-state index is 0.00509. The van der Waals surface area contributed by atoms with Crippen molar-refractivity contribution in [1.29, 1.82) is 0 Å². The van der Waals surface area contributed by atoms with Crippen LogP contribution in [0.25, 0.3) is 0 Å². The van der Waals surface area contributed by atoms with Gasteiger partial charge in [0.05, 0.1) is 12.5 Å². The van der Waals surface area contributed by atoms with Crippen molar-refractivity contribution >= 4 is 23.6 Å². The second-order valence-corrected chi connectivity index (χ2v) is 7.59. The fraction of sp³-hybridized carbons (Fsp3) is 0.750. The largest absolute Gasteiger partial charge is 0.481 e. The van der Waals surface area contributed by atoms with Crippen molar-refractivity contribution in [1.82, 2.24) is 15.0 Å². The van der Waals surface area contributed by atoms with Gasteiger partial charge in [-0.05, 0) is 12.8 Å². The summed E-state index contributed by atoms with van der Waals surface area (Å²) in [6.07, 6.45) is 5.36. The number of carboxylic acids is 1. The molecular formula is C16H23N3O4S. The van der Waals surface area contributed by atoms with Crippen LogP contribution in [0.3, 0.4) is 0 Å². The minimum Gasteiger partial charge on any atom is -0.481 e. The Morgan fingerprint density at radius 2 is 2.12 bits per heavy atom. The van der Waals surface area contributed by atoms with E-state index in [1.165, 1.54) is 12.8 Å². The van der Waals surface area contributed by atoms with Crippen LogP contribution < -0.4 is 0 Å². The summed E-state index contributed by atoms with van der Waals surface area (Å²) in [6.45, 7) is 0.610. The van der Waals surface area contributed by atoms with Crippen LogP contribution in [0.4, 0.5) is 0 Å². The monoisotopic (exact) mass is 353 g/mol. The number of nitrogens with zero attached hydrogens (tertiary/aromatic N) is 3. The average molecular weight is 353 g/mol. The highest BCUT2D eigenvalue weighted by atomic mass is 32.2. The molecular weight excluding hydrogens is 330 g/mol. The zero-order valence-electron chi connectivity index (χ0n) is 13.6. The second kappa shape index (κ2) is 8.00. The number of aromatic nitrogens is 2. The topological polar surface area (TPSA) is 96.5 Å². The number of rotatable bonds is 6. The van der Waals surface area contributed by atoms with E-state index < -0.39 is 5.97 Å². The van der Waals surface area contributed by atoms with Crippen molar-refractivity contribution in [2.75, 3.05) is 18.1 Å². The highest BCUT2D eigenvalue weighted by molar-refractivity contribution is 7.99. The van der Waals surface area contributed by atoms with Gasteiger partial charge in [-0.15, -0.1) is 0 Å². The maximum absolute atomic E-state index is 12.5. The quantitative estimate of drug-likeness (QED) is 0.836. The lowest BCUT2D eigenvalue weighted by molar-refractivity contribution is -0.140. The molecule has 132 valence electrons. The molecule has 1 aromatic rings. The molecule has 0 spiro atoms. The summed E-state index contributed by atoms with van der Waals surface area (Å²) in [5.41, 5.74) is 0. The fourth-order valence-corrected chi connectivity index (χ4v) is 4.49. The van der Waals surface area contributed by atoms with Crippen molar-refractivity contribution in [3.8, 4) is 0 Å². The maximum Gasteiger partial charge on any atom is 0.305 e. The van der Waals surface area contributed by atoms with Gasteiger partial charge in [0.2, 0.25) is 11.8 Å². The van der Waals surface area contributed by atoms with Crippen molar-refractivity contribution < 1.29 is 19.2 Å². The first-order valence-electron chi connectivity index (χ1n) is 8.55. The summed E-state index contributed by atoms with van der Waals surface area (Å²) in [5, 5.41) is 13.1. The predicted octanol–water partition coefficient (Wildman–Crippen LogP) is 2.08. The third-order valence-corrected chi connectivity index (χ3v) is 5.81. The Labute approximate surface area is 145 Å². The van der Waals surface area contributed by atoms with E-state index in [9.17, 15) is 9.59 Å². The van der Waals surface area contributed by atoms with E-state index in [0.29, 0.717) is 30.5 Å². The average Bonchev–Trinajstić information content (AvgIpc) is 3.24. The van der Waals surface area contributed by atoms with Crippen molar-refractivity contribution in [3.05, 3.63) is 11.7 Å². The van der Waals surface area contributed by atoms with Gasteiger partial charge in [-0.2, -0.15) is 16.7 Å². The zero-order chi connectivity index (χ0) is 16.9. The molecule has 1 saturated carbocycles. The lowest BCUT2D eigenvalue weighted by Gasteiger charge is -2.34. The number of aliphatic carboxylic acids is 1. The summed E-state index contributed by atoms with van der Waals surface area (Å²) in [7, 11) is 0.